The largest absolute Gasteiger partial charge is 0.328 e. The van der Waals surface area contributed by atoms with Crippen LogP contribution in [0.1, 0.15) is 19.4 Å². The normalized spacial score (nSPS) is 15.6. The molecule has 0 aromatic carbocycles. The highest BCUT2D eigenvalue weighted by molar-refractivity contribution is 5.10. The van der Waals surface area contributed by atoms with E-state index >= 15 is 0 Å². The zero-order valence-corrected chi connectivity index (χ0v) is 7.70. The molecule has 66 valence electrons. The minimum absolute atomic E-state index is 0.262. The Hall–Kier alpha value is -0.890. The second-order valence-corrected chi connectivity index (χ2v) is 3.40. The van der Waals surface area contributed by atoms with Gasteiger partial charge in [-0.1, -0.05) is 6.92 Å². The summed E-state index contributed by atoms with van der Waals surface area (Å²) in [5, 5.41) is 0. The Labute approximate surface area is 73.8 Å². The lowest BCUT2D eigenvalue weighted by molar-refractivity contribution is 0.481. The van der Waals surface area contributed by atoms with Crippen LogP contribution in [0.15, 0.2) is 24.5 Å². The summed E-state index contributed by atoms with van der Waals surface area (Å²) in [7, 11) is 0. The molecule has 0 aliphatic heterocycles. The molecule has 1 aromatic heterocycles. The molecule has 2 atom stereocenters. The first-order valence-electron chi connectivity index (χ1n) is 4.34. The molecule has 0 aliphatic rings. The van der Waals surface area contributed by atoms with E-state index < -0.39 is 0 Å². The molecule has 0 radical (unpaired) electrons. The van der Waals surface area contributed by atoms with Crippen LogP contribution >= 0.6 is 0 Å². The molecule has 1 heterocycles. The Morgan fingerprint density at radius 2 is 1.92 bits per heavy atom. The number of rotatable bonds is 3. The van der Waals surface area contributed by atoms with E-state index in [0.717, 1.165) is 6.42 Å². The van der Waals surface area contributed by atoms with Gasteiger partial charge in [0, 0.05) is 18.4 Å². The third-order valence-corrected chi connectivity index (χ3v) is 2.20. The van der Waals surface area contributed by atoms with E-state index in [9.17, 15) is 0 Å². The monoisotopic (exact) mass is 164 g/mol. The average molecular weight is 164 g/mol. The predicted molar refractivity (Wildman–Crippen MR) is 50.8 cm³/mol. The molecule has 2 N–H and O–H groups in total. The summed E-state index contributed by atoms with van der Waals surface area (Å²) < 4.78 is 0. The second kappa shape index (κ2) is 4.21. The highest BCUT2D eigenvalue weighted by atomic mass is 14.6. The van der Waals surface area contributed by atoms with Gasteiger partial charge in [-0.25, -0.2) is 0 Å². The summed E-state index contributed by atoms with van der Waals surface area (Å²) in [6.45, 7) is 4.22. The van der Waals surface area contributed by atoms with Crippen molar-refractivity contribution in [2.45, 2.75) is 26.3 Å². The first-order chi connectivity index (χ1) is 5.70. The van der Waals surface area contributed by atoms with Crippen LogP contribution in [-0.2, 0) is 6.42 Å². The van der Waals surface area contributed by atoms with Crippen LogP contribution in [0.2, 0.25) is 0 Å². The first-order valence-corrected chi connectivity index (χ1v) is 4.34. The third kappa shape index (κ3) is 2.62. The van der Waals surface area contributed by atoms with Gasteiger partial charge in [-0.05, 0) is 37.0 Å². The number of nitrogens with two attached hydrogens (primary N) is 1. The quantitative estimate of drug-likeness (QED) is 0.737. The smallest absolute Gasteiger partial charge is 0.0270 e. The SMILES string of the molecule is CC(N)C(C)Cc1ccncc1. The minimum Gasteiger partial charge on any atom is -0.328 e. The molecule has 2 nitrogen and oxygen atoms in total. The van der Waals surface area contributed by atoms with E-state index in [1.54, 1.807) is 0 Å². The summed E-state index contributed by atoms with van der Waals surface area (Å²) in [6.07, 6.45) is 4.69. The van der Waals surface area contributed by atoms with Gasteiger partial charge in [0.1, 0.15) is 0 Å². The van der Waals surface area contributed by atoms with Crippen LogP contribution in [0, 0.1) is 5.92 Å². The van der Waals surface area contributed by atoms with E-state index in [1.807, 2.05) is 31.5 Å². The molecule has 0 saturated carbocycles. The topological polar surface area (TPSA) is 38.9 Å². The molecule has 0 fully saturated rings. The van der Waals surface area contributed by atoms with E-state index in [0.29, 0.717) is 5.92 Å². The van der Waals surface area contributed by atoms with Crippen molar-refractivity contribution in [3.63, 3.8) is 0 Å². The summed E-state index contributed by atoms with van der Waals surface area (Å²) in [6, 6.07) is 4.34. The fraction of sp³-hybridized carbons (Fsp3) is 0.500. The van der Waals surface area contributed by atoms with Gasteiger partial charge in [-0.2, -0.15) is 0 Å². The van der Waals surface area contributed by atoms with Crippen LogP contribution in [-0.4, -0.2) is 11.0 Å². The Morgan fingerprint density at radius 3 is 2.42 bits per heavy atom. The molecule has 2 unspecified atom stereocenters. The second-order valence-electron chi connectivity index (χ2n) is 3.40. The molecule has 0 spiro atoms. The lowest BCUT2D eigenvalue weighted by atomic mass is 9.96. The average Bonchev–Trinajstić information content (AvgIpc) is 2.06. The summed E-state index contributed by atoms with van der Waals surface area (Å²) in [4.78, 5) is 3.97. The van der Waals surface area contributed by atoms with Crippen LogP contribution in [0.5, 0.6) is 0 Å². The fourth-order valence-electron chi connectivity index (χ4n) is 1.08. The van der Waals surface area contributed by atoms with Gasteiger partial charge in [0.25, 0.3) is 0 Å². The van der Waals surface area contributed by atoms with Crippen molar-refractivity contribution in [1.82, 2.24) is 4.98 Å². The summed E-state index contributed by atoms with van der Waals surface area (Å²) >= 11 is 0. The molecule has 1 rings (SSSR count). The van der Waals surface area contributed by atoms with Gasteiger partial charge >= 0.3 is 0 Å². The maximum absolute atomic E-state index is 5.77. The Bertz CT molecular complexity index is 219. The summed E-state index contributed by atoms with van der Waals surface area (Å²) in [5.41, 5.74) is 7.08. The van der Waals surface area contributed by atoms with E-state index in [4.69, 9.17) is 5.73 Å². The van der Waals surface area contributed by atoms with Crippen molar-refractivity contribution in [2.75, 3.05) is 0 Å². The van der Waals surface area contributed by atoms with E-state index in [-0.39, 0.29) is 6.04 Å². The third-order valence-electron chi connectivity index (χ3n) is 2.20. The number of nitrogens with zero attached hydrogens (tertiary/aromatic N) is 1. The number of hydrogen-bond acceptors (Lipinski definition) is 2. The lowest BCUT2D eigenvalue weighted by Crippen LogP contribution is -2.25. The maximum Gasteiger partial charge on any atom is 0.0270 e. The van der Waals surface area contributed by atoms with E-state index in [2.05, 4.69) is 11.9 Å². The predicted octanol–water partition coefficient (Wildman–Crippen LogP) is 1.61. The van der Waals surface area contributed by atoms with Crippen molar-refractivity contribution in [2.24, 2.45) is 11.7 Å². The highest BCUT2D eigenvalue weighted by Crippen LogP contribution is 2.09. The van der Waals surface area contributed by atoms with Gasteiger partial charge in [0.05, 0.1) is 0 Å². The fourth-order valence-corrected chi connectivity index (χ4v) is 1.08. The van der Waals surface area contributed by atoms with Gasteiger partial charge in [-0.15, -0.1) is 0 Å². The van der Waals surface area contributed by atoms with Gasteiger partial charge in [0.15, 0.2) is 0 Å². The van der Waals surface area contributed by atoms with Crippen molar-refractivity contribution < 1.29 is 0 Å². The molecule has 0 saturated heterocycles. The van der Waals surface area contributed by atoms with Crippen LogP contribution < -0.4 is 5.73 Å². The molecule has 2 heteroatoms. The van der Waals surface area contributed by atoms with Crippen molar-refractivity contribution in [3.05, 3.63) is 30.1 Å². The molecule has 0 bridgehead atoms. The number of pyridine rings is 1. The molecule has 1 aromatic rings. The Balaban J connectivity index is 2.53. The highest BCUT2D eigenvalue weighted by Gasteiger charge is 2.07. The van der Waals surface area contributed by atoms with E-state index in [1.165, 1.54) is 5.56 Å². The van der Waals surface area contributed by atoms with Crippen molar-refractivity contribution in [3.8, 4) is 0 Å². The van der Waals surface area contributed by atoms with Gasteiger partial charge in [0.2, 0.25) is 0 Å². The number of aromatic nitrogens is 1. The van der Waals surface area contributed by atoms with Gasteiger partial charge < -0.3 is 5.73 Å². The van der Waals surface area contributed by atoms with Gasteiger partial charge in [-0.3, -0.25) is 4.98 Å². The first kappa shape index (κ1) is 9.20. The van der Waals surface area contributed by atoms with Crippen LogP contribution in [0.25, 0.3) is 0 Å². The maximum atomic E-state index is 5.77. The summed E-state index contributed by atoms with van der Waals surface area (Å²) in [5.74, 6) is 0.535. The molecular weight excluding hydrogens is 148 g/mol. The standard InChI is InChI=1S/C10H16N2/c1-8(9(2)11)7-10-3-5-12-6-4-10/h3-6,8-9H,7,11H2,1-2H3. The van der Waals surface area contributed by atoms with Crippen molar-refractivity contribution in [1.29, 1.82) is 0 Å². The Morgan fingerprint density at radius 1 is 1.33 bits per heavy atom. The van der Waals surface area contributed by atoms with Crippen molar-refractivity contribution >= 4 is 0 Å². The van der Waals surface area contributed by atoms with Crippen LogP contribution in [0.3, 0.4) is 0 Å². The lowest BCUT2D eigenvalue weighted by Gasteiger charge is -2.14. The minimum atomic E-state index is 0.262. The Kier molecular flexibility index (Phi) is 3.23. The molecule has 12 heavy (non-hydrogen) atoms. The molecule has 0 aliphatic carbocycles. The molecular formula is C10H16N2. The molecule has 0 amide bonds. The zero-order valence-electron chi connectivity index (χ0n) is 7.70. The number of hydrogen-bond donors (Lipinski definition) is 1. The van der Waals surface area contributed by atoms with Crippen LogP contribution in [0.4, 0.5) is 0 Å². The zero-order chi connectivity index (χ0) is 8.97.